The average Bonchev–Trinajstić information content (AvgIpc) is 2.96. The van der Waals surface area contributed by atoms with E-state index < -0.39 is 5.97 Å². The van der Waals surface area contributed by atoms with Crippen molar-refractivity contribution in [2.45, 2.75) is 26.2 Å². The van der Waals surface area contributed by atoms with Gasteiger partial charge in [0.15, 0.2) is 5.70 Å². The Bertz CT molecular complexity index is 807. The second-order valence-electron chi connectivity index (χ2n) is 5.66. The van der Waals surface area contributed by atoms with E-state index in [1.165, 1.54) is 18.4 Å². The summed E-state index contributed by atoms with van der Waals surface area (Å²) in [5.74, 6) is -0.125. The number of nitrogens with zero attached hydrogens (tertiary/aromatic N) is 1. The summed E-state index contributed by atoms with van der Waals surface area (Å²) in [4.78, 5) is 16.3. The first kappa shape index (κ1) is 16.5. The van der Waals surface area contributed by atoms with Gasteiger partial charge in [0.2, 0.25) is 5.90 Å². The van der Waals surface area contributed by atoms with Crippen LogP contribution >= 0.6 is 11.6 Å². The minimum Gasteiger partial charge on any atom is -0.402 e. The summed E-state index contributed by atoms with van der Waals surface area (Å²) in [5.41, 5.74) is 3.07. The van der Waals surface area contributed by atoms with Gasteiger partial charge in [-0.15, -0.1) is 0 Å². The van der Waals surface area contributed by atoms with Crippen LogP contribution < -0.4 is 0 Å². The molecule has 0 fully saturated rings. The summed E-state index contributed by atoms with van der Waals surface area (Å²) in [6.45, 7) is 2.17. The number of halogens is 1. The van der Waals surface area contributed by atoms with Crippen molar-refractivity contribution in [1.82, 2.24) is 0 Å². The highest BCUT2D eigenvalue weighted by atomic mass is 35.5. The molecule has 0 aromatic heterocycles. The number of rotatable bonds is 5. The van der Waals surface area contributed by atoms with E-state index in [0.717, 1.165) is 17.5 Å². The lowest BCUT2D eigenvalue weighted by Crippen LogP contribution is -2.05. The van der Waals surface area contributed by atoms with Crippen molar-refractivity contribution in [3.8, 4) is 0 Å². The summed E-state index contributed by atoms with van der Waals surface area (Å²) in [6.07, 6.45) is 5.04. The summed E-state index contributed by atoms with van der Waals surface area (Å²) in [7, 11) is 0. The topological polar surface area (TPSA) is 38.7 Å². The highest BCUT2D eigenvalue weighted by molar-refractivity contribution is 6.32. The molecule has 2 aromatic rings. The standard InChI is InChI=1S/C20H18ClNO2/c1-2-3-6-14-9-11-15(12-10-14)19-22-18(20(23)24-19)13-16-7-4-5-8-17(16)21/h4-5,7-13H,2-3,6H2,1H3. The zero-order valence-corrected chi connectivity index (χ0v) is 14.2. The van der Waals surface area contributed by atoms with Crippen molar-refractivity contribution in [3.05, 3.63) is 75.9 Å². The molecule has 2 aromatic carbocycles. The fourth-order valence-corrected chi connectivity index (χ4v) is 2.66. The quantitative estimate of drug-likeness (QED) is 0.566. The number of hydrogen-bond acceptors (Lipinski definition) is 3. The van der Waals surface area contributed by atoms with Gasteiger partial charge in [0.05, 0.1) is 0 Å². The van der Waals surface area contributed by atoms with Gasteiger partial charge >= 0.3 is 5.97 Å². The number of aryl methyl sites for hydroxylation is 1. The average molecular weight is 340 g/mol. The molecule has 1 aliphatic rings. The molecule has 0 N–H and O–H groups in total. The van der Waals surface area contributed by atoms with Crippen LogP contribution in [0.25, 0.3) is 6.08 Å². The van der Waals surface area contributed by atoms with Crippen LogP contribution in [0.5, 0.6) is 0 Å². The van der Waals surface area contributed by atoms with Crippen LogP contribution in [0.3, 0.4) is 0 Å². The number of aliphatic imine (C=N–C) groups is 1. The van der Waals surface area contributed by atoms with E-state index in [1.54, 1.807) is 12.1 Å². The smallest absolute Gasteiger partial charge is 0.363 e. The lowest BCUT2D eigenvalue weighted by molar-refractivity contribution is -0.129. The van der Waals surface area contributed by atoms with Crippen molar-refractivity contribution in [1.29, 1.82) is 0 Å². The number of carbonyl (C=O) groups is 1. The molecule has 0 bridgehead atoms. The SMILES string of the molecule is CCCCc1ccc(C2=NC(=Cc3ccccc3Cl)C(=O)O2)cc1. The van der Waals surface area contributed by atoms with Crippen LogP contribution in [0, 0.1) is 0 Å². The highest BCUT2D eigenvalue weighted by Gasteiger charge is 2.24. The van der Waals surface area contributed by atoms with Gasteiger partial charge in [-0.05, 0) is 48.2 Å². The number of hydrogen-bond donors (Lipinski definition) is 0. The number of ether oxygens (including phenoxy) is 1. The number of benzene rings is 2. The molecule has 1 heterocycles. The second-order valence-corrected chi connectivity index (χ2v) is 6.07. The van der Waals surface area contributed by atoms with E-state index in [9.17, 15) is 4.79 Å². The third-order valence-corrected chi connectivity index (χ3v) is 4.18. The summed E-state index contributed by atoms with van der Waals surface area (Å²) < 4.78 is 5.29. The molecule has 1 aliphatic heterocycles. The predicted molar refractivity (Wildman–Crippen MR) is 97.1 cm³/mol. The molecular weight excluding hydrogens is 322 g/mol. The fourth-order valence-electron chi connectivity index (χ4n) is 2.47. The van der Waals surface area contributed by atoms with E-state index in [0.29, 0.717) is 10.9 Å². The maximum atomic E-state index is 12.0. The molecule has 0 unspecified atom stereocenters. The Labute approximate surface area is 146 Å². The van der Waals surface area contributed by atoms with Gasteiger partial charge in [0.1, 0.15) is 0 Å². The van der Waals surface area contributed by atoms with E-state index in [2.05, 4.69) is 24.0 Å². The Morgan fingerprint density at radius 3 is 2.58 bits per heavy atom. The van der Waals surface area contributed by atoms with Gasteiger partial charge in [0, 0.05) is 10.6 Å². The first-order valence-electron chi connectivity index (χ1n) is 8.04. The summed E-state index contributed by atoms with van der Waals surface area (Å²) in [6, 6.07) is 15.3. The first-order chi connectivity index (χ1) is 11.7. The zero-order chi connectivity index (χ0) is 16.9. The predicted octanol–water partition coefficient (Wildman–Crippen LogP) is 5.03. The molecule has 3 nitrogen and oxygen atoms in total. The van der Waals surface area contributed by atoms with Crippen LogP contribution in [0.2, 0.25) is 5.02 Å². The molecule has 24 heavy (non-hydrogen) atoms. The minimum atomic E-state index is -0.458. The largest absolute Gasteiger partial charge is 0.402 e. The van der Waals surface area contributed by atoms with Crippen LogP contribution in [0.4, 0.5) is 0 Å². The fraction of sp³-hybridized carbons (Fsp3) is 0.200. The maximum Gasteiger partial charge on any atom is 0.363 e. The normalized spacial score (nSPS) is 15.5. The van der Waals surface area contributed by atoms with Gasteiger partial charge in [-0.3, -0.25) is 0 Å². The Hall–Kier alpha value is -2.39. The Balaban J connectivity index is 1.83. The second kappa shape index (κ2) is 7.45. The molecule has 0 amide bonds. The lowest BCUT2D eigenvalue weighted by atomic mass is 10.1. The van der Waals surface area contributed by atoms with Gasteiger partial charge in [-0.1, -0.05) is 55.3 Å². The molecule has 3 rings (SSSR count). The van der Waals surface area contributed by atoms with Crippen LogP contribution in [-0.4, -0.2) is 11.9 Å². The van der Waals surface area contributed by atoms with Crippen LogP contribution in [0.15, 0.2) is 59.2 Å². The third-order valence-electron chi connectivity index (χ3n) is 3.84. The Morgan fingerprint density at radius 2 is 1.88 bits per heavy atom. The third kappa shape index (κ3) is 3.74. The van der Waals surface area contributed by atoms with E-state index in [4.69, 9.17) is 16.3 Å². The molecule has 0 saturated carbocycles. The first-order valence-corrected chi connectivity index (χ1v) is 8.41. The number of carbonyl (C=O) groups excluding carboxylic acids is 1. The molecule has 4 heteroatoms. The molecule has 0 atom stereocenters. The number of esters is 1. The lowest BCUT2D eigenvalue weighted by Gasteiger charge is -2.02. The molecule has 0 saturated heterocycles. The van der Waals surface area contributed by atoms with Crippen molar-refractivity contribution >= 4 is 29.5 Å². The molecule has 0 radical (unpaired) electrons. The van der Waals surface area contributed by atoms with Gasteiger partial charge in [-0.2, -0.15) is 0 Å². The molecule has 0 spiro atoms. The van der Waals surface area contributed by atoms with Crippen molar-refractivity contribution in [2.24, 2.45) is 4.99 Å². The molecule has 122 valence electrons. The van der Waals surface area contributed by atoms with E-state index in [1.807, 2.05) is 30.3 Å². The summed E-state index contributed by atoms with van der Waals surface area (Å²) >= 11 is 6.12. The Kier molecular flexibility index (Phi) is 5.11. The maximum absolute atomic E-state index is 12.0. The minimum absolute atomic E-state index is 0.258. The van der Waals surface area contributed by atoms with Crippen molar-refractivity contribution in [2.75, 3.05) is 0 Å². The van der Waals surface area contributed by atoms with Gasteiger partial charge in [-0.25, -0.2) is 9.79 Å². The summed E-state index contributed by atoms with van der Waals surface area (Å²) in [5, 5.41) is 0.571. The van der Waals surface area contributed by atoms with Crippen molar-refractivity contribution < 1.29 is 9.53 Å². The van der Waals surface area contributed by atoms with Crippen molar-refractivity contribution in [3.63, 3.8) is 0 Å². The highest BCUT2D eigenvalue weighted by Crippen LogP contribution is 2.23. The van der Waals surface area contributed by atoms with E-state index >= 15 is 0 Å². The monoisotopic (exact) mass is 339 g/mol. The molecular formula is C20H18ClNO2. The van der Waals surface area contributed by atoms with Gasteiger partial charge < -0.3 is 4.74 Å². The number of cyclic esters (lactones) is 1. The van der Waals surface area contributed by atoms with Gasteiger partial charge in [0.25, 0.3) is 0 Å². The van der Waals surface area contributed by atoms with Crippen LogP contribution in [-0.2, 0) is 16.0 Å². The van der Waals surface area contributed by atoms with E-state index in [-0.39, 0.29) is 5.70 Å². The zero-order valence-electron chi connectivity index (χ0n) is 13.5. The Morgan fingerprint density at radius 1 is 1.12 bits per heavy atom. The molecule has 0 aliphatic carbocycles. The van der Waals surface area contributed by atoms with Crippen LogP contribution in [0.1, 0.15) is 36.5 Å². The number of unbranched alkanes of at least 4 members (excludes halogenated alkanes) is 1.